The Labute approximate surface area is 195 Å². The Bertz CT molecular complexity index is 1290. The topological polar surface area (TPSA) is 104 Å². The zero-order chi connectivity index (χ0) is 23.4. The summed E-state index contributed by atoms with van der Waals surface area (Å²) >= 11 is 6.07. The van der Waals surface area contributed by atoms with Crippen molar-refractivity contribution in [3.8, 4) is 5.69 Å². The number of hydrogen-bond donors (Lipinski definition) is 1. The number of amides is 1. The van der Waals surface area contributed by atoms with Crippen molar-refractivity contribution in [2.45, 2.75) is 20.4 Å². The van der Waals surface area contributed by atoms with E-state index in [1.54, 1.807) is 36.7 Å². The standard InChI is InChI=1S/C23H21ClN6O3/c1-15-22(16(2)29(28-15)11-17-6-4-3-5-7-17)23(32)33-12-21(31)27-19-10-18(24)8-9-20(19)30-14-25-13-26-30/h3-10,13-14H,11-12H2,1-2H3,(H,27,31). The first-order chi connectivity index (χ1) is 15.9. The van der Waals surface area contributed by atoms with E-state index < -0.39 is 18.5 Å². The van der Waals surface area contributed by atoms with Crippen LogP contribution < -0.4 is 5.32 Å². The van der Waals surface area contributed by atoms with Gasteiger partial charge in [0.15, 0.2) is 6.61 Å². The highest BCUT2D eigenvalue weighted by atomic mass is 35.5. The van der Waals surface area contributed by atoms with Crippen LogP contribution in [0.15, 0.2) is 61.2 Å². The smallest absolute Gasteiger partial charge is 0.342 e. The summed E-state index contributed by atoms with van der Waals surface area (Å²) < 4.78 is 8.52. The molecule has 1 amide bonds. The van der Waals surface area contributed by atoms with Crippen molar-refractivity contribution in [1.82, 2.24) is 24.5 Å². The van der Waals surface area contributed by atoms with Crippen molar-refractivity contribution in [2.24, 2.45) is 0 Å². The van der Waals surface area contributed by atoms with Gasteiger partial charge in [-0.3, -0.25) is 9.48 Å². The zero-order valence-electron chi connectivity index (χ0n) is 18.0. The van der Waals surface area contributed by atoms with Crippen LogP contribution in [0.1, 0.15) is 27.3 Å². The molecule has 0 saturated heterocycles. The largest absolute Gasteiger partial charge is 0.452 e. The summed E-state index contributed by atoms with van der Waals surface area (Å²) in [7, 11) is 0. The Kier molecular flexibility index (Phi) is 6.50. The lowest BCUT2D eigenvalue weighted by Gasteiger charge is -2.12. The third-order valence-corrected chi connectivity index (χ3v) is 5.23. The molecule has 0 spiro atoms. The zero-order valence-corrected chi connectivity index (χ0v) is 18.8. The van der Waals surface area contributed by atoms with Gasteiger partial charge in [-0.2, -0.15) is 10.2 Å². The second-order valence-electron chi connectivity index (χ2n) is 7.31. The highest BCUT2D eigenvalue weighted by Gasteiger charge is 2.21. The molecule has 0 radical (unpaired) electrons. The van der Waals surface area contributed by atoms with Crippen LogP contribution in [0.4, 0.5) is 5.69 Å². The van der Waals surface area contributed by atoms with E-state index in [0.29, 0.717) is 39.9 Å². The SMILES string of the molecule is Cc1nn(Cc2ccccc2)c(C)c1C(=O)OCC(=O)Nc1cc(Cl)ccc1-n1cncn1. The number of nitrogens with zero attached hydrogens (tertiary/aromatic N) is 5. The molecule has 0 aliphatic rings. The maximum atomic E-state index is 12.7. The van der Waals surface area contributed by atoms with Gasteiger partial charge in [0, 0.05) is 5.02 Å². The summed E-state index contributed by atoms with van der Waals surface area (Å²) in [4.78, 5) is 29.1. The number of esters is 1. The summed E-state index contributed by atoms with van der Waals surface area (Å²) in [5.41, 5.74) is 3.61. The van der Waals surface area contributed by atoms with E-state index in [1.807, 2.05) is 30.3 Å². The Morgan fingerprint density at radius 1 is 1.12 bits per heavy atom. The molecule has 4 rings (SSSR count). The van der Waals surface area contributed by atoms with Crippen LogP contribution in [0.2, 0.25) is 5.02 Å². The fourth-order valence-electron chi connectivity index (χ4n) is 3.43. The molecule has 0 saturated carbocycles. The Balaban J connectivity index is 1.43. The van der Waals surface area contributed by atoms with E-state index >= 15 is 0 Å². The highest BCUT2D eigenvalue weighted by Crippen LogP contribution is 2.24. The number of rotatable bonds is 7. The third-order valence-electron chi connectivity index (χ3n) is 4.99. The molecular weight excluding hydrogens is 444 g/mol. The molecule has 33 heavy (non-hydrogen) atoms. The van der Waals surface area contributed by atoms with Gasteiger partial charge >= 0.3 is 5.97 Å². The maximum absolute atomic E-state index is 12.7. The van der Waals surface area contributed by atoms with Gasteiger partial charge in [-0.15, -0.1) is 0 Å². The van der Waals surface area contributed by atoms with Crippen LogP contribution >= 0.6 is 11.6 Å². The van der Waals surface area contributed by atoms with Crippen molar-refractivity contribution in [3.05, 3.63) is 88.7 Å². The molecule has 0 atom stereocenters. The normalized spacial score (nSPS) is 10.8. The van der Waals surface area contributed by atoms with E-state index in [9.17, 15) is 9.59 Å². The van der Waals surface area contributed by atoms with Gasteiger partial charge in [0.2, 0.25) is 0 Å². The number of anilines is 1. The molecule has 0 unspecified atom stereocenters. The number of carbonyl (C=O) groups is 2. The van der Waals surface area contributed by atoms with Crippen LogP contribution in [0.3, 0.4) is 0 Å². The van der Waals surface area contributed by atoms with Gasteiger partial charge in [-0.1, -0.05) is 41.9 Å². The van der Waals surface area contributed by atoms with Crippen LogP contribution in [0, 0.1) is 13.8 Å². The first-order valence-electron chi connectivity index (χ1n) is 10.1. The molecular formula is C23H21ClN6O3. The van der Waals surface area contributed by atoms with Gasteiger partial charge in [0.05, 0.1) is 29.3 Å². The Morgan fingerprint density at radius 3 is 2.64 bits per heavy atom. The van der Waals surface area contributed by atoms with Crippen molar-refractivity contribution >= 4 is 29.2 Å². The van der Waals surface area contributed by atoms with Crippen molar-refractivity contribution in [1.29, 1.82) is 0 Å². The molecule has 0 aliphatic carbocycles. The molecule has 0 fully saturated rings. The first-order valence-corrected chi connectivity index (χ1v) is 10.5. The minimum Gasteiger partial charge on any atom is -0.452 e. The quantitative estimate of drug-likeness (QED) is 0.419. The van der Waals surface area contributed by atoms with Gasteiger partial charge < -0.3 is 10.1 Å². The van der Waals surface area contributed by atoms with E-state index in [0.717, 1.165) is 5.56 Å². The molecule has 4 aromatic rings. The molecule has 1 N–H and O–H groups in total. The molecule has 0 aliphatic heterocycles. The molecule has 0 bridgehead atoms. The number of carbonyl (C=O) groups excluding carboxylic acids is 2. The summed E-state index contributed by atoms with van der Waals surface area (Å²) in [6, 6.07) is 14.8. The molecule has 9 nitrogen and oxygen atoms in total. The van der Waals surface area contributed by atoms with E-state index in [4.69, 9.17) is 16.3 Å². The molecule has 2 aromatic heterocycles. The maximum Gasteiger partial charge on any atom is 0.342 e. The lowest BCUT2D eigenvalue weighted by molar-refractivity contribution is -0.119. The number of ether oxygens (including phenoxy) is 1. The molecule has 2 aromatic carbocycles. The van der Waals surface area contributed by atoms with Gasteiger partial charge in [-0.25, -0.2) is 14.5 Å². The number of halogens is 1. The van der Waals surface area contributed by atoms with E-state index in [1.165, 1.54) is 17.3 Å². The number of aryl methyl sites for hydroxylation is 1. The summed E-state index contributed by atoms with van der Waals surface area (Å²) in [6.07, 6.45) is 2.88. The Morgan fingerprint density at radius 2 is 1.91 bits per heavy atom. The molecule has 10 heteroatoms. The average Bonchev–Trinajstić information content (AvgIpc) is 3.41. The summed E-state index contributed by atoms with van der Waals surface area (Å²) in [6.45, 7) is 3.60. The predicted octanol–water partition coefficient (Wildman–Crippen LogP) is 3.58. The van der Waals surface area contributed by atoms with Gasteiger partial charge in [0.25, 0.3) is 5.91 Å². The van der Waals surface area contributed by atoms with Crippen molar-refractivity contribution < 1.29 is 14.3 Å². The highest BCUT2D eigenvalue weighted by molar-refractivity contribution is 6.31. The lowest BCUT2D eigenvalue weighted by Crippen LogP contribution is -2.22. The average molecular weight is 465 g/mol. The molecule has 2 heterocycles. The van der Waals surface area contributed by atoms with E-state index in [2.05, 4.69) is 20.5 Å². The number of hydrogen-bond acceptors (Lipinski definition) is 6. The number of aromatic nitrogens is 5. The fourth-order valence-corrected chi connectivity index (χ4v) is 3.61. The predicted molar refractivity (Wildman–Crippen MR) is 123 cm³/mol. The van der Waals surface area contributed by atoms with E-state index in [-0.39, 0.29) is 0 Å². The van der Waals surface area contributed by atoms with Crippen molar-refractivity contribution in [3.63, 3.8) is 0 Å². The van der Waals surface area contributed by atoms with Crippen LogP contribution in [-0.4, -0.2) is 43.0 Å². The number of nitrogens with one attached hydrogen (secondary N) is 1. The first kappa shape index (κ1) is 22.2. The Hall–Kier alpha value is -3.98. The van der Waals surface area contributed by atoms with Crippen LogP contribution in [0.25, 0.3) is 5.69 Å². The fraction of sp³-hybridized carbons (Fsp3) is 0.174. The minimum absolute atomic E-state index is 0.352. The van der Waals surface area contributed by atoms with Crippen LogP contribution in [-0.2, 0) is 16.1 Å². The molecule has 168 valence electrons. The summed E-state index contributed by atoms with van der Waals surface area (Å²) in [5, 5.41) is 11.7. The summed E-state index contributed by atoms with van der Waals surface area (Å²) in [5.74, 6) is -1.12. The third kappa shape index (κ3) is 5.09. The number of benzene rings is 2. The minimum atomic E-state index is -0.609. The second-order valence-corrected chi connectivity index (χ2v) is 7.75. The second kappa shape index (κ2) is 9.66. The van der Waals surface area contributed by atoms with Crippen molar-refractivity contribution in [2.75, 3.05) is 11.9 Å². The van der Waals surface area contributed by atoms with Gasteiger partial charge in [0.1, 0.15) is 18.2 Å². The lowest BCUT2D eigenvalue weighted by atomic mass is 10.2. The monoisotopic (exact) mass is 464 g/mol. The van der Waals surface area contributed by atoms with Crippen LogP contribution in [0.5, 0.6) is 0 Å². The van der Waals surface area contributed by atoms with Gasteiger partial charge in [-0.05, 0) is 37.6 Å².